The molecular formula is C24H25ClFNO6S. The maximum atomic E-state index is 15.0. The van der Waals surface area contributed by atoms with Crippen molar-refractivity contribution in [3.8, 4) is 12.3 Å². The first-order valence-electron chi connectivity index (χ1n) is 10.7. The number of hydrogen-bond donors (Lipinski definition) is 0. The van der Waals surface area contributed by atoms with E-state index in [2.05, 4.69) is 5.92 Å². The van der Waals surface area contributed by atoms with Crippen molar-refractivity contribution in [1.82, 2.24) is 0 Å². The van der Waals surface area contributed by atoms with Crippen molar-refractivity contribution in [2.45, 2.75) is 50.8 Å². The van der Waals surface area contributed by atoms with Crippen molar-refractivity contribution in [2.75, 3.05) is 23.9 Å². The molecule has 7 nitrogen and oxygen atoms in total. The van der Waals surface area contributed by atoms with Gasteiger partial charge in [0.05, 0.1) is 23.1 Å². The lowest BCUT2D eigenvalue weighted by atomic mass is 9.90. The third kappa shape index (κ3) is 6.84. The van der Waals surface area contributed by atoms with Crippen LogP contribution in [-0.2, 0) is 28.7 Å². The SMILES string of the molecule is C#CCOC(=O)C1=C(C(=O)N(C(=O)CC)c2cc(SCC(=O)OCC)c(Cl)cc2F)CCCC1. The molecule has 0 saturated heterocycles. The van der Waals surface area contributed by atoms with Crippen LogP contribution in [0.1, 0.15) is 46.0 Å². The largest absolute Gasteiger partial charge is 0.465 e. The average molecular weight is 510 g/mol. The summed E-state index contributed by atoms with van der Waals surface area (Å²) in [5.41, 5.74) is -0.0983. The molecule has 1 aliphatic rings. The first kappa shape index (κ1) is 27.4. The zero-order valence-electron chi connectivity index (χ0n) is 18.9. The van der Waals surface area contributed by atoms with E-state index in [0.29, 0.717) is 17.7 Å². The molecule has 0 heterocycles. The molecule has 1 aromatic carbocycles. The summed E-state index contributed by atoms with van der Waals surface area (Å²) in [5.74, 6) is -1.48. The second-order valence-electron chi connectivity index (χ2n) is 7.16. The van der Waals surface area contributed by atoms with Gasteiger partial charge in [0.1, 0.15) is 5.82 Å². The van der Waals surface area contributed by atoms with Crippen LogP contribution in [0.15, 0.2) is 28.2 Å². The van der Waals surface area contributed by atoms with E-state index in [9.17, 15) is 23.6 Å². The molecule has 0 aromatic heterocycles. The van der Waals surface area contributed by atoms with E-state index in [1.807, 2.05) is 0 Å². The Labute approximate surface area is 207 Å². The van der Waals surface area contributed by atoms with E-state index in [1.54, 1.807) is 6.92 Å². The predicted octanol–water partition coefficient (Wildman–Crippen LogP) is 4.45. The first-order valence-corrected chi connectivity index (χ1v) is 12.1. The lowest BCUT2D eigenvalue weighted by Crippen LogP contribution is -2.39. The Morgan fingerprint density at radius 1 is 1.15 bits per heavy atom. The normalized spacial score (nSPS) is 13.1. The van der Waals surface area contributed by atoms with E-state index >= 15 is 0 Å². The van der Waals surface area contributed by atoms with Crippen LogP contribution in [0.2, 0.25) is 5.02 Å². The molecule has 0 fully saturated rings. The van der Waals surface area contributed by atoms with Crippen LogP contribution >= 0.6 is 23.4 Å². The van der Waals surface area contributed by atoms with Gasteiger partial charge in [-0.1, -0.05) is 24.4 Å². The minimum Gasteiger partial charge on any atom is -0.465 e. The van der Waals surface area contributed by atoms with Crippen molar-refractivity contribution >= 4 is 52.8 Å². The van der Waals surface area contributed by atoms with Gasteiger partial charge in [-0.3, -0.25) is 14.4 Å². The van der Waals surface area contributed by atoms with E-state index in [0.717, 1.165) is 22.7 Å². The van der Waals surface area contributed by atoms with Crippen molar-refractivity contribution in [2.24, 2.45) is 0 Å². The van der Waals surface area contributed by atoms with E-state index in [4.69, 9.17) is 27.5 Å². The van der Waals surface area contributed by atoms with Crippen LogP contribution in [0.5, 0.6) is 0 Å². The summed E-state index contributed by atoms with van der Waals surface area (Å²) < 4.78 is 24.9. The summed E-state index contributed by atoms with van der Waals surface area (Å²) in [6.45, 7) is 3.15. The quantitative estimate of drug-likeness (QED) is 0.276. The fourth-order valence-electron chi connectivity index (χ4n) is 3.35. The summed E-state index contributed by atoms with van der Waals surface area (Å²) in [6, 6.07) is 2.22. The Morgan fingerprint density at radius 3 is 2.44 bits per heavy atom. The van der Waals surface area contributed by atoms with Crippen LogP contribution in [0.4, 0.5) is 10.1 Å². The summed E-state index contributed by atoms with van der Waals surface area (Å²) in [4.78, 5) is 51.5. The second-order valence-corrected chi connectivity index (χ2v) is 8.58. The molecule has 1 aromatic rings. The number of ether oxygens (including phenoxy) is 2. The molecule has 0 aliphatic heterocycles. The van der Waals surface area contributed by atoms with Gasteiger partial charge in [0.25, 0.3) is 5.91 Å². The van der Waals surface area contributed by atoms with Crippen LogP contribution in [0.3, 0.4) is 0 Å². The van der Waals surface area contributed by atoms with E-state index in [1.165, 1.54) is 13.0 Å². The molecule has 0 spiro atoms. The molecule has 2 amide bonds. The smallest absolute Gasteiger partial charge is 0.335 e. The minimum atomic E-state index is -0.895. The standard InChI is InChI=1S/C24H25ClFNO6S/c1-4-11-33-24(31)16-10-8-7-9-15(16)23(30)27(21(28)5-2)19-13-20(17(25)12-18(19)26)34-14-22(29)32-6-3/h1,12-13H,5-11,14H2,2-3H3. The Kier molecular flexibility index (Phi) is 10.6. The van der Waals surface area contributed by atoms with Crippen LogP contribution < -0.4 is 4.90 Å². The Hall–Kier alpha value is -2.83. The summed E-state index contributed by atoms with van der Waals surface area (Å²) >= 11 is 7.12. The highest BCUT2D eigenvalue weighted by Gasteiger charge is 2.33. The van der Waals surface area contributed by atoms with Crippen molar-refractivity contribution in [1.29, 1.82) is 0 Å². The fourth-order valence-corrected chi connectivity index (χ4v) is 4.41. The molecule has 2 rings (SSSR count). The number of esters is 2. The maximum absolute atomic E-state index is 15.0. The average Bonchev–Trinajstić information content (AvgIpc) is 2.83. The van der Waals surface area contributed by atoms with E-state index in [-0.39, 0.29) is 60.1 Å². The highest BCUT2D eigenvalue weighted by Crippen LogP contribution is 2.36. The van der Waals surface area contributed by atoms with Gasteiger partial charge in [0, 0.05) is 22.5 Å². The topological polar surface area (TPSA) is 90.0 Å². The molecule has 1 aliphatic carbocycles. The highest BCUT2D eigenvalue weighted by molar-refractivity contribution is 8.00. The van der Waals surface area contributed by atoms with Crippen molar-refractivity contribution in [3.63, 3.8) is 0 Å². The van der Waals surface area contributed by atoms with Gasteiger partial charge in [-0.05, 0) is 44.7 Å². The number of carbonyl (C=O) groups excluding carboxylic acids is 4. The van der Waals surface area contributed by atoms with Gasteiger partial charge in [-0.25, -0.2) is 14.1 Å². The second kappa shape index (κ2) is 13.2. The fraction of sp³-hybridized carbons (Fsp3) is 0.417. The summed E-state index contributed by atoms with van der Waals surface area (Å²) in [6.07, 6.45) is 6.83. The van der Waals surface area contributed by atoms with Crippen LogP contribution in [-0.4, -0.2) is 42.7 Å². The number of rotatable bonds is 9. The molecular weight excluding hydrogens is 485 g/mol. The number of terminal acetylenes is 1. The number of carbonyl (C=O) groups is 4. The van der Waals surface area contributed by atoms with Gasteiger partial charge in [-0.2, -0.15) is 0 Å². The third-order valence-electron chi connectivity index (χ3n) is 4.91. The maximum Gasteiger partial charge on any atom is 0.335 e. The molecule has 182 valence electrons. The van der Waals surface area contributed by atoms with Gasteiger partial charge in [0.15, 0.2) is 6.61 Å². The molecule has 0 bridgehead atoms. The zero-order valence-corrected chi connectivity index (χ0v) is 20.5. The van der Waals surface area contributed by atoms with Gasteiger partial charge in [0.2, 0.25) is 5.91 Å². The van der Waals surface area contributed by atoms with Crippen LogP contribution in [0.25, 0.3) is 0 Å². The highest BCUT2D eigenvalue weighted by atomic mass is 35.5. The van der Waals surface area contributed by atoms with Gasteiger partial charge < -0.3 is 9.47 Å². The molecule has 10 heteroatoms. The molecule has 0 unspecified atom stereocenters. The number of hydrogen-bond acceptors (Lipinski definition) is 7. The minimum absolute atomic E-state index is 0.0160. The molecule has 0 radical (unpaired) electrons. The molecule has 0 saturated carbocycles. The van der Waals surface area contributed by atoms with Gasteiger partial charge in [-0.15, -0.1) is 18.2 Å². The zero-order chi connectivity index (χ0) is 25.3. The number of thioether (sulfide) groups is 1. The molecule has 0 atom stereocenters. The monoisotopic (exact) mass is 509 g/mol. The van der Waals surface area contributed by atoms with Crippen LogP contribution in [0, 0.1) is 18.2 Å². The molecule has 34 heavy (non-hydrogen) atoms. The lowest BCUT2D eigenvalue weighted by Gasteiger charge is -2.26. The number of benzene rings is 1. The third-order valence-corrected chi connectivity index (χ3v) is 6.36. The predicted molar refractivity (Wildman–Crippen MR) is 127 cm³/mol. The number of imide groups is 1. The number of anilines is 1. The number of amides is 2. The Bertz CT molecular complexity index is 1050. The van der Waals surface area contributed by atoms with Crippen molar-refractivity contribution < 1.29 is 33.0 Å². The summed E-state index contributed by atoms with van der Waals surface area (Å²) in [5, 5.41) is 0.0160. The Morgan fingerprint density at radius 2 is 1.82 bits per heavy atom. The van der Waals surface area contributed by atoms with Gasteiger partial charge >= 0.3 is 11.9 Å². The first-order chi connectivity index (χ1) is 16.2. The van der Waals surface area contributed by atoms with Crippen molar-refractivity contribution in [3.05, 3.63) is 34.1 Å². The number of halogens is 2. The Balaban J connectivity index is 2.50. The summed E-state index contributed by atoms with van der Waals surface area (Å²) in [7, 11) is 0. The molecule has 0 N–H and O–H groups in total. The lowest BCUT2D eigenvalue weighted by molar-refractivity contribution is -0.140. The van der Waals surface area contributed by atoms with E-state index < -0.39 is 29.6 Å². The number of nitrogens with zero attached hydrogens (tertiary/aromatic N) is 1.